The van der Waals surface area contributed by atoms with Gasteiger partial charge < -0.3 is 19.7 Å². The number of carboxylic acids is 1. The van der Waals surface area contributed by atoms with Crippen LogP contribution in [-0.2, 0) is 9.59 Å². The first-order valence-corrected chi connectivity index (χ1v) is 5.74. The molecule has 0 unspecified atom stereocenters. The average Bonchev–Trinajstić information content (AvgIpc) is 2.42. The molecule has 20 heavy (non-hydrogen) atoms. The summed E-state index contributed by atoms with van der Waals surface area (Å²) in [6, 6.07) is 4.68. The Bertz CT molecular complexity index is 594. The lowest BCUT2D eigenvalue weighted by Gasteiger charge is -2.19. The molecule has 7 heteroatoms. The third kappa shape index (κ3) is 2.57. The molecule has 1 aliphatic rings. The minimum absolute atomic E-state index is 0.158. The van der Waals surface area contributed by atoms with Gasteiger partial charge in [-0.25, -0.2) is 0 Å². The molecule has 0 radical (unpaired) electrons. The van der Waals surface area contributed by atoms with Gasteiger partial charge in [-0.1, -0.05) is 12.1 Å². The maximum atomic E-state index is 12.1. The van der Waals surface area contributed by atoms with Crippen molar-refractivity contribution in [1.82, 2.24) is 0 Å². The predicted molar refractivity (Wildman–Crippen MR) is 64.3 cm³/mol. The summed E-state index contributed by atoms with van der Waals surface area (Å²) in [6.45, 7) is -0.786. The summed E-state index contributed by atoms with van der Waals surface area (Å²) < 4.78 is 4.96. The van der Waals surface area contributed by atoms with Crippen LogP contribution in [0.15, 0.2) is 29.3 Å². The number of esters is 1. The first kappa shape index (κ1) is 13.9. The normalized spacial score (nSPS) is 19.6. The van der Waals surface area contributed by atoms with E-state index in [9.17, 15) is 19.5 Å². The summed E-state index contributed by atoms with van der Waals surface area (Å²) in [6.07, 6.45) is 0.872. The van der Waals surface area contributed by atoms with Crippen LogP contribution in [-0.4, -0.2) is 41.7 Å². The maximum absolute atomic E-state index is 12.1. The second-order valence-corrected chi connectivity index (χ2v) is 4.07. The predicted octanol–water partition coefficient (Wildman–Crippen LogP) is -1.41. The van der Waals surface area contributed by atoms with Crippen molar-refractivity contribution in [2.75, 3.05) is 6.61 Å². The Morgan fingerprint density at radius 2 is 2.15 bits per heavy atom. The molecule has 2 atom stereocenters. The largest absolute Gasteiger partial charge is 0.548 e. The Balaban J connectivity index is 2.26. The molecule has 0 bridgehead atoms. The fraction of sp³-hybridized carbons (Fsp3) is 0.231. The van der Waals surface area contributed by atoms with Gasteiger partial charge in [0, 0.05) is 6.21 Å². The number of carbonyl (C=O) groups excluding carboxylic acids is 3. The number of aliphatic hydroxyl groups is 1. The highest BCUT2D eigenvalue weighted by atomic mass is 16.5. The summed E-state index contributed by atoms with van der Waals surface area (Å²) in [4.78, 5) is 37.8. The van der Waals surface area contributed by atoms with Crippen molar-refractivity contribution < 1.29 is 29.3 Å². The highest BCUT2D eigenvalue weighted by molar-refractivity contribution is 6.22. The molecule has 0 amide bonds. The lowest BCUT2D eigenvalue weighted by Crippen LogP contribution is -2.39. The number of aliphatic carboxylic acids is 1. The third-order valence-electron chi connectivity index (χ3n) is 2.76. The highest BCUT2D eigenvalue weighted by Gasteiger charge is 2.35. The molecule has 0 saturated heterocycles. The highest BCUT2D eigenvalue weighted by Crippen LogP contribution is 2.26. The number of carbonyl (C=O) groups is 3. The Kier molecular flexibility index (Phi) is 3.90. The summed E-state index contributed by atoms with van der Waals surface area (Å²) in [5.74, 6) is -4.13. The van der Waals surface area contributed by atoms with Crippen molar-refractivity contribution in [3.8, 4) is 5.75 Å². The van der Waals surface area contributed by atoms with E-state index in [2.05, 4.69) is 4.99 Å². The molecular weight excluding hydrogens is 266 g/mol. The molecule has 1 aliphatic heterocycles. The van der Waals surface area contributed by atoms with Crippen molar-refractivity contribution >= 4 is 23.9 Å². The van der Waals surface area contributed by atoms with E-state index in [0.29, 0.717) is 0 Å². The van der Waals surface area contributed by atoms with E-state index in [4.69, 9.17) is 9.84 Å². The fourth-order valence-electron chi connectivity index (χ4n) is 1.71. The Morgan fingerprint density at radius 3 is 2.80 bits per heavy atom. The Hall–Kier alpha value is -2.54. The second-order valence-electron chi connectivity index (χ2n) is 4.07. The average molecular weight is 276 g/mol. The molecule has 7 nitrogen and oxygen atoms in total. The molecule has 1 aromatic rings. The standard InChI is InChI=1S/C13H11NO6/c15-6-9(12(17)18)14-5-8-11(16)7-3-1-2-4-10(7)20-13(8)19/h1-5,8-9,15H,6H2,(H,17,18)/p-1/t8-,9-/m0/s1. The van der Waals surface area contributed by atoms with E-state index >= 15 is 0 Å². The number of ether oxygens (including phenoxy) is 1. The number of carboxylic acid groups (broad SMARTS) is 1. The van der Waals surface area contributed by atoms with E-state index in [1.165, 1.54) is 12.1 Å². The second kappa shape index (κ2) is 5.62. The summed E-state index contributed by atoms with van der Waals surface area (Å²) in [7, 11) is 0. The number of aliphatic hydroxyl groups excluding tert-OH is 1. The van der Waals surface area contributed by atoms with E-state index in [1.54, 1.807) is 12.1 Å². The van der Waals surface area contributed by atoms with Crippen LogP contribution in [0.3, 0.4) is 0 Å². The number of hydrogen-bond acceptors (Lipinski definition) is 7. The van der Waals surface area contributed by atoms with Crippen LogP contribution >= 0.6 is 0 Å². The molecule has 0 aromatic heterocycles. The first-order chi connectivity index (χ1) is 9.54. The van der Waals surface area contributed by atoms with Crippen molar-refractivity contribution in [3.63, 3.8) is 0 Å². The molecule has 1 aromatic carbocycles. The minimum atomic E-state index is -1.60. The topological polar surface area (TPSA) is 116 Å². The summed E-state index contributed by atoms with van der Waals surface area (Å²) in [5, 5.41) is 19.4. The molecule has 0 fully saturated rings. The number of Topliss-reactive ketones (excluding diaryl/α,β-unsaturated/α-hetero) is 1. The van der Waals surface area contributed by atoms with E-state index in [0.717, 1.165) is 6.21 Å². The summed E-state index contributed by atoms with van der Waals surface area (Å²) >= 11 is 0. The number of benzene rings is 1. The number of ketones is 1. The van der Waals surface area contributed by atoms with Crippen LogP contribution < -0.4 is 9.84 Å². The molecule has 1 heterocycles. The van der Waals surface area contributed by atoms with Gasteiger partial charge in [-0.2, -0.15) is 0 Å². The van der Waals surface area contributed by atoms with Crippen LogP contribution in [0, 0.1) is 5.92 Å². The van der Waals surface area contributed by atoms with E-state index < -0.39 is 36.3 Å². The molecule has 0 aliphatic carbocycles. The van der Waals surface area contributed by atoms with Crippen LogP contribution in [0.4, 0.5) is 0 Å². The van der Waals surface area contributed by atoms with Gasteiger partial charge in [0.15, 0.2) is 11.7 Å². The van der Waals surface area contributed by atoms with Crippen molar-refractivity contribution in [2.45, 2.75) is 6.04 Å². The van der Waals surface area contributed by atoms with Crippen LogP contribution in [0.2, 0.25) is 0 Å². The number of fused-ring (bicyclic) bond motifs is 1. The van der Waals surface area contributed by atoms with Crippen molar-refractivity contribution in [1.29, 1.82) is 0 Å². The molecule has 104 valence electrons. The van der Waals surface area contributed by atoms with Gasteiger partial charge in [0.1, 0.15) is 11.8 Å². The SMILES string of the molecule is O=C1Oc2ccccc2C(=O)[C@@H]1C=N[C@@H](CO)C(=O)[O-]. The van der Waals surface area contributed by atoms with Crippen LogP contribution in [0.25, 0.3) is 0 Å². The zero-order chi connectivity index (χ0) is 14.7. The lowest BCUT2D eigenvalue weighted by atomic mass is 9.95. The zero-order valence-electron chi connectivity index (χ0n) is 10.2. The first-order valence-electron chi connectivity index (χ1n) is 5.74. The lowest BCUT2D eigenvalue weighted by molar-refractivity contribution is -0.308. The number of rotatable bonds is 4. The van der Waals surface area contributed by atoms with Gasteiger partial charge in [-0.3, -0.25) is 14.6 Å². The molecule has 0 spiro atoms. The van der Waals surface area contributed by atoms with Gasteiger partial charge in [0.2, 0.25) is 0 Å². The van der Waals surface area contributed by atoms with Gasteiger partial charge in [0.05, 0.1) is 18.1 Å². The van der Waals surface area contributed by atoms with Crippen LogP contribution in [0.1, 0.15) is 10.4 Å². The van der Waals surface area contributed by atoms with Crippen LogP contribution in [0.5, 0.6) is 5.75 Å². The number of aliphatic imine (C=N–C) groups is 1. The number of para-hydroxylation sites is 1. The van der Waals surface area contributed by atoms with Gasteiger partial charge in [-0.05, 0) is 12.1 Å². The quantitative estimate of drug-likeness (QED) is 0.312. The monoisotopic (exact) mass is 276 g/mol. The van der Waals surface area contributed by atoms with Gasteiger partial charge >= 0.3 is 5.97 Å². The van der Waals surface area contributed by atoms with Gasteiger partial charge in [-0.15, -0.1) is 0 Å². The third-order valence-corrected chi connectivity index (χ3v) is 2.76. The van der Waals surface area contributed by atoms with Crippen molar-refractivity contribution in [2.24, 2.45) is 10.9 Å². The molecule has 2 rings (SSSR count). The van der Waals surface area contributed by atoms with E-state index in [-0.39, 0.29) is 11.3 Å². The maximum Gasteiger partial charge on any atom is 0.327 e. The Morgan fingerprint density at radius 1 is 1.45 bits per heavy atom. The zero-order valence-corrected chi connectivity index (χ0v) is 10.2. The number of hydrogen-bond donors (Lipinski definition) is 1. The number of nitrogens with zero attached hydrogens (tertiary/aromatic N) is 1. The van der Waals surface area contributed by atoms with Gasteiger partial charge in [0.25, 0.3) is 0 Å². The summed E-state index contributed by atoms with van der Waals surface area (Å²) in [5.41, 5.74) is 0.220. The molecule has 0 saturated carbocycles. The molecule has 1 N–H and O–H groups in total. The van der Waals surface area contributed by atoms with E-state index in [1.807, 2.05) is 0 Å². The Labute approximate surface area is 113 Å². The fourth-order valence-corrected chi connectivity index (χ4v) is 1.71. The molecular formula is C13H10NO6-. The minimum Gasteiger partial charge on any atom is -0.548 e. The smallest absolute Gasteiger partial charge is 0.327 e. The van der Waals surface area contributed by atoms with Crippen molar-refractivity contribution in [3.05, 3.63) is 29.8 Å².